The third-order valence-electron chi connectivity index (χ3n) is 2.31. The predicted octanol–water partition coefficient (Wildman–Crippen LogP) is 1.36. The fourth-order valence-electron chi connectivity index (χ4n) is 1.27. The second kappa shape index (κ2) is 5.10. The maximum atomic E-state index is 11.8. The lowest BCUT2D eigenvalue weighted by atomic mass is 10.2. The van der Waals surface area contributed by atoms with Gasteiger partial charge in [0.15, 0.2) is 5.25 Å². The van der Waals surface area contributed by atoms with Crippen molar-refractivity contribution in [1.82, 2.24) is 4.31 Å². The van der Waals surface area contributed by atoms with Crippen LogP contribution in [0.5, 0.6) is 0 Å². The van der Waals surface area contributed by atoms with Crippen LogP contribution in [0.1, 0.15) is 12.5 Å². The van der Waals surface area contributed by atoms with Crippen LogP contribution in [0.3, 0.4) is 0 Å². The quantitative estimate of drug-likeness (QED) is 0.795. The lowest BCUT2D eigenvalue weighted by molar-refractivity contribution is 0.463. The Morgan fingerprint density at radius 3 is 2.44 bits per heavy atom. The standard InChI is InChI=1S/C11H14N2O2S/c1-10(8-12)16(14,15)13(2)9-11-6-4-3-5-7-11/h3-7,10H,9H2,1-2H3/t10-/m1/s1. The summed E-state index contributed by atoms with van der Waals surface area (Å²) >= 11 is 0. The monoisotopic (exact) mass is 238 g/mol. The first kappa shape index (κ1) is 12.7. The first-order valence-corrected chi connectivity index (χ1v) is 6.37. The lowest BCUT2D eigenvalue weighted by Gasteiger charge is -2.18. The number of hydrogen-bond donors (Lipinski definition) is 0. The zero-order valence-electron chi connectivity index (χ0n) is 9.29. The van der Waals surface area contributed by atoms with Crippen molar-refractivity contribution in [3.05, 3.63) is 35.9 Å². The highest BCUT2D eigenvalue weighted by atomic mass is 32.2. The molecule has 0 heterocycles. The smallest absolute Gasteiger partial charge is 0.211 e. The van der Waals surface area contributed by atoms with Crippen molar-refractivity contribution < 1.29 is 8.42 Å². The molecule has 1 aromatic rings. The molecule has 0 aromatic heterocycles. The van der Waals surface area contributed by atoms with E-state index < -0.39 is 15.3 Å². The van der Waals surface area contributed by atoms with Gasteiger partial charge in [-0.25, -0.2) is 8.42 Å². The third-order valence-corrected chi connectivity index (χ3v) is 4.31. The molecule has 86 valence electrons. The Kier molecular flexibility index (Phi) is 4.05. The molecule has 1 rings (SSSR count). The summed E-state index contributed by atoms with van der Waals surface area (Å²) < 4.78 is 24.7. The van der Waals surface area contributed by atoms with E-state index in [1.54, 1.807) is 6.07 Å². The SMILES string of the molecule is C[C@H](C#N)S(=O)(=O)N(C)Cc1ccccc1. The highest BCUT2D eigenvalue weighted by Crippen LogP contribution is 2.10. The molecule has 0 aliphatic carbocycles. The third kappa shape index (κ3) is 2.81. The Hall–Kier alpha value is -1.38. The van der Waals surface area contributed by atoms with Crippen molar-refractivity contribution in [3.8, 4) is 6.07 Å². The average Bonchev–Trinajstić information content (AvgIpc) is 2.29. The van der Waals surface area contributed by atoms with Crippen LogP contribution in [0, 0.1) is 11.3 Å². The highest BCUT2D eigenvalue weighted by Gasteiger charge is 2.25. The Morgan fingerprint density at radius 1 is 1.38 bits per heavy atom. The average molecular weight is 238 g/mol. The van der Waals surface area contributed by atoms with Crippen LogP contribution in [0.4, 0.5) is 0 Å². The second-order valence-corrected chi connectivity index (χ2v) is 5.92. The summed E-state index contributed by atoms with van der Waals surface area (Å²) in [6.45, 7) is 1.67. The maximum absolute atomic E-state index is 11.8. The Morgan fingerprint density at radius 2 is 1.94 bits per heavy atom. The van der Waals surface area contributed by atoms with Crippen LogP contribution in [0.2, 0.25) is 0 Å². The summed E-state index contributed by atoms with van der Waals surface area (Å²) in [6.07, 6.45) is 0. The van der Waals surface area contributed by atoms with Gasteiger partial charge in [-0.15, -0.1) is 0 Å². The molecule has 0 aliphatic rings. The molecule has 0 amide bonds. The Bertz CT molecular complexity index is 476. The van der Waals surface area contributed by atoms with E-state index in [0.717, 1.165) is 5.56 Å². The Labute approximate surface area is 96.2 Å². The van der Waals surface area contributed by atoms with Gasteiger partial charge < -0.3 is 0 Å². The van der Waals surface area contributed by atoms with Crippen LogP contribution in [0.25, 0.3) is 0 Å². The summed E-state index contributed by atoms with van der Waals surface area (Å²) in [6, 6.07) is 11.0. The molecule has 0 unspecified atom stereocenters. The van der Waals surface area contributed by atoms with E-state index in [1.165, 1.54) is 18.3 Å². The fraction of sp³-hybridized carbons (Fsp3) is 0.364. The van der Waals surface area contributed by atoms with Gasteiger partial charge in [-0.3, -0.25) is 0 Å². The maximum Gasteiger partial charge on any atom is 0.230 e. The van der Waals surface area contributed by atoms with E-state index in [1.807, 2.05) is 30.3 Å². The van der Waals surface area contributed by atoms with E-state index in [-0.39, 0.29) is 6.54 Å². The van der Waals surface area contributed by atoms with E-state index in [2.05, 4.69) is 0 Å². The van der Waals surface area contributed by atoms with Crippen molar-refractivity contribution in [3.63, 3.8) is 0 Å². The summed E-state index contributed by atoms with van der Waals surface area (Å²) in [7, 11) is -2.03. The highest BCUT2D eigenvalue weighted by molar-refractivity contribution is 7.89. The van der Waals surface area contributed by atoms with Crippen LogP contribution < -0.4 is 0 Å². The molecule has 1 atom stereocenters. The molecule has 0 saturated carbocycles. The summed E-state index contributed by atoms with van der Waals surface area (Å²) in [4.78, 5) is 0. The molecule has 0 radical (unpaired) electrons. The summed E-state index contributed by atoms with van der Waals surface area (Å²) in [5.74, 6) is 0. The first-order chi connectivity index (χ1) is 7.48. The van der Waals surface area contributed by atoms with Gasteiger partial charge >= 0.3 is 0 Å². The zero-order valence-corrected chi connectivity index (χ0v) is 10.1. The molecule has 0 bridgehead atoms. The summed E-state index contributed by atoms with van der Waals surface area (Å²) in [5.41, 5.74) is 0.902. The van der Waals surface area contributed by atoms with Crippen molar-refractivity contribution in [1.29, 1.82) is 5.26 Å². The van der Waals surface area contributed by atoms with Crippen molar-refractivity contribution in [2.75, 3.05) is 7.05 Å². The van der Waals surface area contributed by atoms with E-state index in [4.69, 9.17) is 5.26 Å². The minimum absolute atomic E-state index is 0.287. The number of hydrogen-bond acceptors (Lipinski definition) is 3. The molecular weight excluding hydrogens is 224 g/mol. The predicted molar refractivity (Wildman–Crippen MR) is 61.9 cm³/mol. The van der Waals surface area contributed by atoms with Gasteiger partial charge in [0.1, 0.15) is 0 Å². The van der Waals surface area contributed by atoms with E-state index in [0.29, 0.717) is 0 Å². The number of benzene rings is 1. The molecule has 0 N–H and O–H groups in total. The van der Waals surface area contributed by atoms with Crippen molar-refractivity contribution in [2.45, 2.75) is 18.7 Å². The molecule has 0 saturated heterocycles. The molecule has 4 nitrogen and oxygen atoms in total. The number of nitriles is 1. The normalized spacial score (nSPS) is 13.4. The number of rotatable bonds is 4. The molecule has 1 aromatic carbocycles. The molecule has 5 heteroatoms. The molecule has 0 aliphatic heterocycles. The number of nitrogens with zero attached hydrogens (tertiary/aromatic N) is 2. The van der Waals surface area contributed by atoms with Gasteiger partial charge in [0, 0.05) is 13.6 Å². The van der Waals surface area contributed by atoms with Crippen molar-refractivity contribution >= 4 is 10.0 Å². The Balaban J connectivity index is 2.82. The minimum Gasteiger partial charge on any atom is -0.211 e. The van der Waals surface area contributed by atoms with Gasteiger partial charge in [-0.1, -0.05) is 30.3 Å². The van der Waals surface area contributed by atoms with Crippen molar-refractivity contribution in [2.24, 2.45) is 0 Å². The fourth-order valence-corrected chi connectivity index (χ4v) is 2.27. The van der Waals surface area contributed by atoms with Gasteiger partial charge in [0.05, 0.1) is 6.07 Å². The van der Waals surface area contributed by atoms with Gasteiger partial charge in [0.25, 0.3) is 0 Å². The largest absolute Gasteiger partial charge is 0.230 e. The van der Waals surface area contributed by atoms with Gasteiger partial charge in [-0.05, 0) is 12.5 Å². The topological polar surface area (TPSA) is 61.2 Å². The minimum atomic E-state index is -3.52. The summed E-state index contributed by atoms with van der Waals surface area (Å²) in [5, 5.41) is 7.62. The van der Waals surface area contributed by atoms with Crippen LogP contribution >= 0.6 is 0 Å². The number of sulfonamides is 1. The van der Waals surface area contributed by atoms with E-state index in [9.17, 15) is 8.42 Å². The van der Waals surface area contributed by atoms with Crippen LogP contribution in [0.15, 0.2) is 30.3 Å². The van der Waals surface area contributed by atoms with Crippen LogP contribution in [-0.4, -0.2) is 25.0 Å². The molecule has 0 fully saturated rings. The van der Waals surface area contributed by atoms with Crippen LogP contribution in [-0.2, 0) is 16.6 Å². The van der Waals surface area contributed by atoms with E-state index >= 15 is 0 Å². The first-order valence-electron chi connectivity index (χ1n) is 4.87. The molecule has 16 heavy (non-hydrogen) atoms. The van der Waals surface area contributed by atoms with Gasteiger partial charge in [0.2, 0.25) is 10.0 Å². The zero-order chi connectivity index (χ0) is 12.2. The second-order valence-electron chi connectivity index (χ2n) is 3.56. The lowest BCUT2D eigenvalue weighted by Crippen LogP contribution is -2.33. The van der Waals surface area contributed by atoms with Gasteiger partial charge in [-0.2, -0.15) is 9.57 Å². The molecular formula is C11H14N2O2S. The molecule has 0 spiro atoms.